The van der Waals surface area contributed by atoms with Gasteiger partial charge in [-0.25, -0.2) is 0 Å². The van der Waals surface area contributed by atoms with Crippen molar-refractivity contribution < 1.29 is 18.4 Å². The maximum atomic E-state index is 12.3. The fourth-order valence-corrected chi connectivity index (χ4v) is 3.82. The van der Waals surface area contributed by atoms with Crippen molar-refractivity contribution in [3.05, 3.63) is 92.7 Å². The van der Waals surface area contributed by atoms with E-state index in [1.165, 1.54) is 0 Å². The molecule has 2 amide bonds. The Bertz CT molecular complexity index is 1220. The van der Waals surface area contributed by atoms with Gasteiger partial charge in [-0.1, -0.05) is 12.1 Å². The summed E-state index contributed by atoms with van der Waals surface area (Å²) < 4.78 is 11.6. The van der Waals surface area contributed by atoms with Gasteiger partial charge in [0.2, 0.25) is 0 Å². The standard InChI is InChI=1S/C24H18Br2N2O4/c1-13-11-15(3-5-17(13)27-23(29)19-7-9-21(25)31-19)16-4-6-18(14(2)12-16)28-24(30)20-8-10-22(26)32-20/h3-12H,1-2H3,(H,27,29)(H,28,30). The van der Waals surface area contributed by atoms with Crippen LogP contribution in [0.15, 0.2) is 78.8 Å². The smallest absolute Gasteiger partial charge is 0.291 e. The number of hydrogen-bond donors (Lipinski definition) is 2. The van der Waals surface area contributed by atoms with Crippen LogP contribution in [0.1, 0.15) is 32.2 Å². The first-order valence-electron chi connectivity index (χ1n) is 9.65. The summed E-state index contributed by atoms with van der Waals surface area (Å²) in [7, 11) is 0. The Balaban J connectivity index is 1.50. The van der Waals surface area contributed by atoms with Gasteiger partial charge >= 0.3 is 0 Å². The summed E-state index contributed by atoms with van der Waals surface area (Å²) in [4.78, 5) is 24.7. The zero-order chi connectivity index (χ0) is 22.8. The highest BCUT2D eigenvalue weighted by Gasteiger charge is 2.14. The van der Waals surface area contributed by atoms with Gasteiger partial charge in [0.05, 0.1) is 0 Å². The number of carbonyl (C=O) groups excluding carboxylic acids is 2. The molecule has 0 fully saturated rings. The number of hydrogen-bond acceptors (Lipinski definition) is 4. The van der Waals surface area contributed by atoms with Crippen LogP contribution < -0.4 is 10.6 Å². The molecular weight excluding hydrogens is 540 g/mol. The van der Waals surface area contributed by atoms with Crippen LogP contribution in [0.4, 0.5) is 11.4 Å². The Kier molecular flexibility index (Phi) is 6.34. The third kappa shape index (κ3) is 4.87. The van der Waals surface area contributed by atoms with E-state index < -0.39 is 0 Å². The van der Waals surface area contributed by atoms with Gasteiger partial charge in [-0.3, -0.25) is 9.59 Å². The minimum absolute atomic E-state index is 0.232. The lowest BCUT2D eigenvalue weighted by atomic mass is 10.00. The topological polar surface area (TPSA) is 84.5 Å². The minimum atomic E-state index is -0.314. The summed E-state index contributed by atoms with van der Waals surface area (Å²) >= 11 is 6.39. The first-order valence-corrected chi connectivity index (χ1v) is 11.2. The quantitative estimate of drug-likeness (QED) is 0.272. The molecule has 0 bridgehead atoms. The third-order valence-electron chi connectivity index (χ3n) is 4.88. The van der Waals surface area contributed by atoms with Crippen LogP contribution >= 0.6 is 31.9 Å². The van der Waals surface area contributed by atoms with Gasteiger partial charge in [-0.15, -0.1) is 0 Å². The first-order chi connectivity index (χ1) is 15.3. The molecule has 0 saturated carbocycles. The van der Waals surface area contributed by atoms with Crippen LogP contribution in [0, 0.1) is 13.8 Å². The molecule has 0 radical (unpaired) electrons. The van der Waals surface area contributed by atoms with Crippen molar-refractivity contribution in [2.24, 2.45) is 0 Å². The molecule has 2 N–H and O–H groups in total. The lowest BCUT2D eigenvalue weighted by Gasteiger charge is -2.12. The zero-order valence-corrected chi connectivity index (χ0v) is 20.3. The largest absolute Gasteiger partial charge is 0.444 e. The van der Waals surface area contributed by atoms with Gasteiger partial charge < -0.3 is 19.5 Å². The fourth-order valence-electron chi connectivity index (χ4n) is 3.21. The number of carbonyl (C=O) groups is 2. The van der Waals surface area contributed by atoms with E-state index in [2.05, 4.69) is 42.5 Å². The molecule has 0 unspecified atom stereocenters. The molecule has 162 valence electrons. The van der Waals surface area contributed by atoms with Crippen LogP contribution in [-0.2, 0) is 0 Å². The summed E-state index contributed by atoms with van der Waals surface area (Å²) in [6.45, 7) is 3.86. The molecule has 8 heteroatoms. The Labute approximate surface area is 201 Å². The van der Waals surface area contributed by atoms with Gasteiger partial charge in [0.1, 0.15) is 0 Å². The summed E-state index contributed by atoms with van der Waals surface area (Å²) in [5.41, 5.74) is 5.24. The lowest BCUT2D eigenvalue weighted by Crippen LogP contribution is -2.12. The van der Waals surface area contributed by atoms with Crippen LogP contribution in [0.2, 0.25) is 0 Å². The summed E-state index contributed by atoms with van der Waals surface area (Å²) in [5.74, 6) is -0.164. The Morgan fingerprint density at radius 3 is 1.38 bits per heavy atom. The molecule has 2 aromatic carbocycles. The SMILES string of the molecule is Cc1cc(-c2ccc(NC(=O)c3ccc(Br)o3)c(C)c2)ccc1NC(=O)c1ccc(Br)o1. The predicted octanol–water partition coefficient (Wildman–Crippen LogP) is 7.19. The molecule has 0 atom stereocenters. The molecule has 0 spiro atoms. The van der Waals surface area contributed by atoms with Crippen molar-refractivity contribution in [3.8, 4) is 11.1 Å². The molecule has 0 aliphatic heterocycles. The average Bonchev–Trinajstić information content (AvgIpc) is 3.39. The third-order valence-corrected chi connectivity index (χ3v) is 5.73. The van der Waals surface area contributed by atoms with E-state index in [-0.39, 0.29) is 23.3 Å². The first kappa shape index (κ1) is 22.1. The monoisotopic (exact) mass is 556 g/mol. The second-order valence-corrected chi connectivity index (χ2v) is 8.74. The normalized spacial score (nSPS) is 10.8. The summed E-state index contributed by atoms with van der Waals surface area (Å²) in [6, 6.07) is 18.2. The van der Waals surface area contributed by atoms with Crippen LogP contribution in [0.25, 0.3) is 11.1 Å². The molecule has 0 aliphatic rings. The number of nitrogens with one attached hydrogen (secondary N) is 2. The Morgan fingerprint density at radius 1 is 0.656 bits per heavy atom. The Morgan fingerprint density at radius 2 is 1.06 bits per heavy atom. The van der Waals surface area contributed by atoms with Gasteiger partial charge in [0, 0.05) is 11.4 Å². The maximum absolute atomic E-state index is 12.3. The van der Waals surface area contributed by atoms with Crippen molar-refractivity contribution in [2.75, 3.05) is 10.6 Å². The average molecular weight is 558 g/mol. The molecule has 0 saturated heterocycles. The van der Waals surface area contributed by atoms with Crippen LogP contribution in [-0.4, -0.2) is 11.8 Å². The van der Waals surface area contributed by atoms with Crippen LogP contribution in [0.5, 0.6) is 0 Å². The molecule has 2 heterocycles. The molecule has 32 heavy (non-hydrogen) atoms. The van der Waals surface area contributed by atoms with E-state index in [9.17, 15) is 9.59 Å². The van der Waals surface area contributed by atoms with Crippen molar-refractivity contribution in [1.29, 1.82) is 0 Å². The highest BCUT2D eigenvalue weighted by Crippen LogP contribution is 2.29. The van der Waals surface area contributed by atoms with E-state index in [0.717, 1.165) is 22.3 Å². The maximum Gasteiger partial charge on any atom is 0.291 e. The minimum Gasteiger partial charge on any atom is -0.444 e. The van der Waals surface area contributed by atoms with Gasteiger partial charge in [0.15, 0.2) is 20.9 Å². The van der Waals surface area contributed by atoms with E-state index in [1.54, 1.807) is 24.3 Å². The molecule has 4 aromatic rings. The highest BCUT2D eigenvalue weighted by molar-refractivity contribution is 9.10. The number of rotatable bonds is 5. The highest BCUT2D eigenvalue weighted by atomic mass is 79.9. The van der Waals surface area contributed by atoms with Crippen molar-refractivity contribution >= 4 is 55.0 Å². The number of amides is 2. The molecule has 2 aromatic heterocycles. The van der Waals surface area contributed by atoms with E-state index in [4.69, 9.17) is 8.83 Å². The van der Waals surface area contributed by atoms with Crippen LogP contribution in [0.3, 0.4) is 0 Å². The fraction of sp³-hybridized carbons (Fsp3) is 0.0833. The lowest BCUT2D eigenvalue weighted by molar-refractivity contribution is 0.0988. The van der Waals surface area contributed by atoms with Crippen molar-refractivity contribution in [1.82, 2.24) is 0 Å². The molecule has 0 aliphatic carbocycles. The molecule has 4 rings (SSSR count). The molecule has 6 nitrogen and oxygen atoms in total. The van der Waals surface area contributed by atoms with Crippen molar-refractivity contribution in [2.45, 2.75) is 13.8 Å². The predicted molar refractivity (Wildman–Crippen MR) is 130 cm³/mol. The van der Waals surface area contributed by atoms with Crippen molar-refractivity contribution in [3.63, 3.8) is 0 Å². The van der Waals surface area contributed by atoms with E-state index in [0.29, 0.717) is 20.7 Å². The number of halogens is 2. The molecular formula is C24H18Br2N2O4. The Hall–Kier alpha value is -3.10. The van der Waals surface area contributed by atoms with Gasteiger partial charge in [-0.2, -0.15) is 0 Å². The number of furan rings is 2. The number of aryl methyl sites for hydroxylation is 2. The summed E-state index contributed by atoms with van der Waals surface area (Å²) in [6.07, 6.45) is 0. The van der Waals surface area contributed by atoms with E-state index >= 15 is 0 Å². The van der Waals surface area contributed by atoms with Gasteiger partial charge in [-0.05, 0) is 116 Å². The number of benzene rings is 2. The number of anilines is 2. The summed E-state index contributed by atoms with van der Waals surface area (Å²) in [5, 5.41) is 5.73. The van der Waals surface area contributed by atoms with Gasteiger partial charge in [0.25, 0.3) is 11.8 Å². The second kappa shape index (κ2) is 9.18. The van der Waals surface area contributed by atoms with E-state index in [1.807, 2.05) is 50.2 Å². The second-order valence-electron chi connectivity index (χ2n) is 7.18. The zero-order valence-electron chi connectivity index (χ0n) is 17.2.